The fraction of sp³-hybridized carbons (Fsp3) is 0.667. The second kappa shape index (κ2) is 6.47. The summed E-state index contributed by atoms with van der Waals surface area (Å²) in [4.78, 5) is 0. The van der Waals surface area contributed by atoms with Gasteiger partial charge in [0.15, 0.2) is 0 Å². The Labute approximate surface area is 128 Å². The first kappa shape index (κ1) is 15.0. The Bertz CT molecular complexity index is 480. The van der Waals surface area contributed by atoms with Crippen molar-refractivity contribution in [2.24, 2.45) is 5.84 Å². The molecule has 0 aromatic heterocycles. The maximum Gasteiger partial charge on any atom is 0.0851 e. The van der Waals surface area contributed by atoms with Gasteiger partial charge in [-0.1, -0.05) is 31.0 Å². The van der Waals surface area contributed by atoms with E-state index in [0.29, 0.717) is 0 Å². The van der Waals surface area contributed by atoms with E-state index in [0.717, 1.165) is 25.9 Å². The van der Waals surface area contributed by atoms with Crippen LogP contribution in [0.2, 0.25) is 0 Å². The average molecular weight is 288 g/mol. The fourth-order valence-corrected chi connectivity index (χ4v) is 4.24. The van der Waals surface area contributed by atoms with Gasteiger partial charge in [-0.25, -0.2) is 0 Å². The Balaban J connectivity index is 1.77. The van der Waals surface area contributed by atoms with Crippen LogP contribution in [0.3, 0.4) is 0 Å². The molecule has 21 heavy (non-hydrogen) atoms. The van der Waals surface area contributed by atoms with Gasteiger partial charge in [0.1, 0.15) is 0 Å². The standard InChI is InChI=1S/C18H28N2O/c1-2-21-18(10-3-4-11-18)17(20-19)13-14-8-9-15-6-5-7-16(15)12-14/h8-9,12,17,20H,2-7,10-11,13,19H2,1H3. The molecular weight excluding hydrogens is 260 g/mol. The van der Waals surface area contributed by atoms with E-state index in [1.54, 1.807) is 5.56 Å². The maximum atomic E-state index is 6.17. The molecule has 1 atom stereocenters. The summed E-state index contributed by atoms with van der Waals surface area (Å²) < 4.78 is 6.17. The lowest BCUT2D eigenvalue weighted by molar-refractivity contribution is -0.0613. The molecule has 3 N–H and O–H groups in total. The molecule has 1 aromatic carbocycles. The summed E-state index contributed by atoms with van der Waals surface area (Å²) in [6, 6.07) is 7.19. The predicted octanol–water partition coefficient (Wildman–Crippen LogP) is 2.90. The van der Waals surface area contributed by atoms with E-state index in [4.69, 9.17) is 10.6 Å². The van der Waals surface area contributed by atoms with E-state index < -0.39 is 0 Å². The van der Waals surface area contributed by atoms with E-state index in [9.17, 15) is 0 Å². The van der Waals surface area contributed by atoms with Crippen molar-refractivity contribution in [2.75, 3.05) is 6.61 Å². The molecule has 1 fully saturated rings. The molecule has 0 bridgehead atoms. The summed E-state index contributed by atoms with van der Waals surface area (Å²) in [6.45, 7) is 2.85. The van der Waals surface area contributed by atoms with E-state index in [2.05, 4.69) is 30.5 Å². The molecular formula is C18H28N2O. The molecule has 3 rings (SSSR count). The van der Waals surface area contributed by atoms with E-state index in [1.807, 2.05) is 0 Å². The molecule has 3 heteroatoms. The van der Waals surface area contributed by atoms with Crippen LogP contribution in [0.25, 0.3) is 0 Å². The lowest BCUT2D eigenvalue weighted by Gasteiger charge is -2.37. The SMILES string of the molecule is CCOC1(C(Cc2ccc3c(c2)CCC3)NN)CCCC1. The van der Waals surface area contributed by atoms with Gasteiger partial charge >= 0.3 is 0 Å². The molecule has 1 saturated carbocycles. The minimum atomic E-state index is -0.0670. The van der Waals surface area contributed by atoms with Crippen LogP contribution in [0.4, 0.5) is 0 Å². The number of hydrogen-bond acceptors (Lipinski definition) is 3. The Hall–Kier alpha value is -0.900. The smallest absolute Gasteiger partial charge is 0.0851 e. The zero-order valence-corrected chi connectivity index (χ0v) is 13.2. The number of hydrogen-bond donors (Lipinski definition) is 2. The minimum absolute atomic E-state index is 0.0670. The van der Waals surface area contributed by atoms with Crippen molar-refractivity contribution in [3.05, 3.63) is 34.9 Å². The molecule has 0 saturated heterocycles. The average Bonchev–Trinajstić information content (AvgIpc) is 3.14. The molecule has 1 aromatic rings. The highest BCUT2D eigenvalue weighted by Gasteiger charge is 2.41. The van der Waals surface area contributed by atoms with Crippen LogP contribution >= 0.6 is 0 Å². The number of fused-ring (bicyclic) bond motifs is 1. The first-order valence-electron chi connectivity index (χ1n) is 8.48. The van der Waals surface area contributed by atoms with Gasteiger partial charge in [-0.2, -0.15) is 0 Å². The lowest BCUT2D eigenvalue weighted by atomic mass is 9.87. The first-order chi connectivity index (χ1) is 10.3. The highest BCUT2D eigenvalue weighted by molar-refractivity contribution is 5.35. The summed E-state index contributed by atoms with van der Waals surface area (Å²) in [5, 5.41) is 0. The lowest BCUT2D eigenvalue weighted by Crippen LogP contribution is -2.54. The third kappa shape index (κ3) is 3.01. The summed E-state index contributed by atoms with van der Waals surface area (Å²) in [5.41, 5.74) is 7.47. The summed E-state index contributed by atoms with van der Waals surface area (Å²) in [6.07, 6.45) is 9.51. The largest absolute Gasteiger partial charge is 0.374 e. The predicted molar refractivity (Wildman–Crippen MR) is 86.1 cm³/mol. The third-order valence-electron chi connectivity index (χ3n) is 5.32. The highest BCUT2D eigenvalue weighted by atomic mass is 16.5. The normalized spacial score (nSPS) is 21.4. The van der Waals surface area contributed by atoms with Crippen molar-refractivity contribution in [1.29, 1.82) is 0 Å². The molecule has 0 amide bonds. The van der Waals surface area contributed by atoms with Crippen molar-refractivity contribution in [1.82, 2.24) is 5.43 Å². The Morgan fingerprint density at radius 1 is 1.19 bits per heavy atom. The highest BCUT2D eigenvalue weighted by Crippen LogP contribution is 2.37. The number of benzene rings is 1. The van der Waals surface area contributed by atoms with Crippen molar-refractivity contribution in [3.63, 3.8) is 0 Å². The molecule has 2 aliphatic carbocycles. The summed E-state index contributed by atoms with van der Waals surface area (Å²) in [5.74, 6) is 5.90. The van der Waals surface area contributed by atoms with Gasteiger partial charge in [-0.05, 0) is 62.1 Å². The number of aryl methyl sites for hydroxylation is 2. The molecule has 0 radical (unpaired) electrons. The van der Waals surface area contributed by atoms with Gasteiger partial charge in [0, 0.05) is 6.61 Å². The molecule has 1 unspecified atom stereocenters. The van der Waals surface area contributed by atoms with Crippen LogP contribution in [0.1, 0.15) is 55.7 Å². The van der Waals surface area contributed by atoms with Crippen LogP contribution in [-0.4, -0.2) is 18.2 Å². The van der Waals surface area contributed by atoms with Crippen LogP contribution < -0.4 is 11.3 Å². The quantitative estimate of drug-likeness (QED) is 0.625. The zero-order valence-electron chi connectivity index (χ0n) is 13.2. The second-order valence-corrected chi connectivity index (χ2v) is 6.58. The van der Waals surface area contributed by atoms with E-state index in [1.165, 1.54) is 43.2 Å². The Kier molecular flexibility index (Phi) is 4.63. The topological polar surface area (TPSA) is 47.3 Å². The third-order valence-corrected chi connectivity index (χ3v) is 5.32. The van der Waals surface area contributed by atoms with Crippen molar-refractivity contribution < 1.29 is 4.74 Å². The molecule has 3 nitrogen and oxygen atoms in total. The second-order valence-electron chi connectivity index (χ2n) is 6.58. The molecule has 116 valence electrons. The Morgan fingerprint density at radius 3 is 2.67 bits per heavy atom. The molecule has 2 aliphatic rings. The van der Waals surface area contributed by atoms with E-state index in [-0.39, 0.29) is 11.6 Å². The molecule has 0 spiro atoms. The van der Waals surface area contributed by atoms with Gasteiger partial charge in [-0.3, -0.25) is 11.3 Å². The van der Waals surface area contributed by atoms with Crippen molar-refractivity contribution in [3.8, 4) is 0 Å². The fourth-order valence-electron chi connectivity index (χ4n) is 4.24. The van der Waals surface area contributed by atoms with Gasteiger partial charge in [0.2, 0.25) is 0 Å². The minimum Gasteiger partial charge on any atom is -0.374 e. The number of nitrogens with two attached hydrogens (primary N) is 1. The molecule has 0 heterocycles. The van der Waals surface area contributed by atoms with Gasteiger partial charge < -0.3 is 4.74 Å². The number of nitrogens with one attached hydrogen (secondary N) is 1. The number of ether oxygens (including phenoxy) is 1. The van der Waals surface area contributed by atoms with Crippen LogP contribution in [0.5, 0.6) is 0 Å². The summed E-state index contributed by atoms with van der Waals surface area (Å²) in [7, 11) is 0. The van der Waals surface area contributed by atoms with Crippen LogP contribution in [0, 0.1) is 0 Å². The summed E-state index contributed by atoms with van der Waals surface area (Å²) >= 11 is 0. The number of hydrazine groups is 1. The van der Waals surface area contributed by atoms with Gasteiger partial charge in [0.25, 0.3) is 0 Å². The number of rotatable bonds is 6. The molecule has 0 aliphatic heterocycles. The van der Waals surface area contributed by atoms with E-state index >= 15 is 0 Å². The monoisotopic (exact) mass is 288 g/mol. The maximum absolute atomic E-state index is 6.17. The van der Waals surface area contributed by atoms with Gasteiger partial charge in [0.05, 0.1) is 11.6 Å². The van der Waals surface area contributed by atoms with Gasteiger partial charge in [-0.15, -0.1) is 0 Å². The van der Waals surface area contributed by atoms with Crippen LogP contribution in [-0.2, 0) is 24.0 Å². The van der Waals surface area contributed by atoms with Crippen molar-refractivity contribution >= 4 is 0 Å². The van der Waals surface area contributed by atoms with Crippen LogP contribution in [0.15, 0.2) is 18.2 Å². The van der Waals surface area contributed by atoms with Crippen molar-refractivity contribution in [2.45, 2.75) is 69.9 Å². The zero-order chi connectivity index (χ0) is 14.7. The first-order valence-corrected chi connectivity index (χ1v) is 8.48. The Morgan fingerprint density at radius 2 is 1.95 bits per heavy atom.